The minimum atomic E-state index is -0.139. The van der Waals surface area contributed by atoms with Crippen LogP contribution in [0.2, 0.25) is 0 Å². The molecule has 4 atom stereocenters. The molecule has 1 amide bonds. The Morgan fingerprint density at radius 2 is 2.00 bits per heavy atom. The number of carbonyl (C=O) groups is 1. The lowest BCUT2D eigenvalue weighted by molar-refractivity contribution is -0.124. The minimum Gasteiger partial charge on any atom is -0.350 e. The van der Waals surface area contributed by atoms with Crippen LogP contribution in [0.15, 0.2) is 0 Å². The van der Waals surface area contributed by atoms with Crippen molar-refractivity contribution in [3.63, 3.8) is 0 Å². The van der Waals surface area contributed by atoms with Crippen LogP contribution in [0.5, 0.6) is 0 Å². The predicted molar refractivity (Wildman–Crippen MR) is 74.3 cm³/mol. The normalized spacial score (nSPS) is 32.6. The number of carbonyl (C=O) groups excluding carboxylic acids is 1. The highest BCUT2D eigenvalue weighted by Crippen LogP contribution is 2.47. The summed E-state index contributed by atoms with van der Waals surface area (Å²) in [6.07, 6.45) is 5.68. The Kier molecular flexibility index (Phi) is 4.00. The molecule has 2 fully saturated rings. The zero-order chi connectivity index (χ0) is 13.3. The molecule has 3 nitrogen and oxygen atoms in total. The van der Waals surface area contributed by atoms with Crippen molar-refractivity contribution < 1.29 is 4.79 Å². The molecular formula is C15H28N2O. The third-order valence-electron chi connectivity index (χ3n) is 4.46. The monoisotopic (exact) mass is 252 g/mol. The molecule has 18 heavy (non-hydrogen) atoms. The fourth-order valence-electron chi connectivity index (χ4n) is 3.53. The highest BCUT2D eigenvalue weighted by Gasteiger charge is 2.39. The SMILES string of the molecule is CC(NCC1CC2CCC1C2)C(=O)NC(C)(C)C. The van der Waals surface area contributed by atoms with Crippen LogP contribution in [-0.4, -0.2) is 24.0 Å². The molecule has 0 radical (unpaired) electrons. The first kappa shape index (κ1) is 13.9. The molecule has 2 aliphatic carbocycles. The Morgan fingerprint density at radius 3 is 2.50 bits per heavy atom. The molecule has 0 heterocycles. The lowest BCUT2D eigenvalue weighted by atomic mass is 9.89. The summed E-state index contributed by atoms with van der Waals surface area (Å²) in [4.78, 5) is 11.9. The van der Waals surface area contributed by atoms with Crippen LogP contribution in [0.1, 0.15) is 53.4 Å². The maximum atomic E-state index is 11.9. The summed E-state index contributed by atoms with van der Waals surface area (Å²) in [6.45, 7) is 9.04. The van der Waals surface area contributed by atoms with Crippen molar-refractivity contribution in [1.29, 1.82) is 0 Å². The Bertz CT molecular complexity index is 308. The van der Waals surface area contributed by atoms with Crippen molar-refractivity contribution in [3.8, 4) is 0 Å². The third kappa shape index (κ3) is 3.47. The number of hydrogen-bond acceptors (Lipinski definition) is 2. The molecule has 0 aromatic carbocycles. The number of nitrogens with one attached hydrogen (secondary N) is 2. The van der Waals surface area contributed by atoms with Crippen molar-refractivity contribution in [2.45, 2.75) is 65.0 Å². The van der Waals surface area contributed by atoms with E-state index in [4.69, 9.17) is 0 Å². The number of fused-ring (bicyclic) bond motifs is 2. The molecule has 104 valence electrons. The van der Waals surface area contributed by atoms with Crippen LogP contribution in [0.3, 0.4) is 0 Å². The van der Waals surface area contributed by atoms with E-state index in [0.29, 0.717) is 0 Å². The quantitative estimate of drug-likeness (QED) is 0.806. The maximum absolute atomic E-state index is 11.9. The van der Waals surface area contributed by atoms with E-state index in [1.165, 1.54) is 25.7 Å². The summed E-state index contributed by atoms with van der Waals surface area (Å²) in [5.74, 6) is 2.85. The van der Waals surface area contributed by atoms with E-state index in [2.05, 4.69) is 10.6 Å². The van der Waals surface area contributed by atoms with Gasteiger partial charge in [0.25, 0.3) is 0 Å². The summed E-state index contributed by atoms with van der Waals surface area (Å²) in [7, 11) is 0. The third-order valence-corrected chi connectivity index (χ3v) is 4.46. The Hall–Kier alpha value is -0.570. The van der Waals surface area contributed by atoms with E-state index in [1.54, 1.807) is 0 Å². The van der Waals surface area contributed by atoms with Gasteiger partial charge in [0.2, 0.25) is 5.91 Å². The second-order valence-corrected chi connectivity index (χ2v) is 7.30. The summed E-state index contributed by atoms with van der Waals surface area (Å²) >= 11 is 0. The average Bonchev–Trinajstić information content (AvgIpc) is 2.84. The topological polar surface area (TPSA) is 41.1 Å². The summed E-state index contributed by atoms with van der Waals surface area (Å²) in [5, 5.41) is 6.45. The average molecular weight is 252 g/mol. The summed E-state index contributed by atoms with van der Waals surface area (Å²) < 4.78 is 0. The van der Waals surface area contributed by atoms with Crippen LogP contribution in [0.25, 0.3) is 0 Å². The first-order valence-electron chi connectivity index (χ1n) is 7.40. The standard InChI is InChI=1S/C15H28N2O/c1-10(14(18)17-15(2,3)4)16-9-13-8-11-5-6-12(13)7-11/h10-13,16H,5-9H2,1-4H3,(H,17,18). The van der Waals surface area contributed by atoms with Crippen LogP contribution >= 0.6 is 0 Å². The van der Waals surface area contributed by atoms with Gasteiger partial charge < -0.3 is 10.6 Å². The van der Waals surface area contributed by atoms with Gasteiger partial charge in [-0.2, -0.15) is 0 Å². The van der Waals surface area contributed by atoms with E-state index in [-0.39, 0.29) is 17.5 Å². The second kappa shape index (κ2) is 5.20. The Morgan fingerprint density at radius 1 is 1.28 bits per heavy atom. The van der Waals surface area contributed by atoms with Crippen molar-refractivity contribution in [2.24, 2.45) is 17.8 Å². The van der Waals surface area contributed by atoms with E-state index in [1.807, 2.05) is 27.7 Å². The van der Waals surface area contributed by atoms with Gasteiger partial charge in [0, 0.05) is 5.54 Å². The van der Waals surface area contributed by atoms with Gasteiger partial charge in [-0.15, -0.1) is 0 Å². The molecule has 3 heteroatoms. The smallest absolute Gasteiger partial charge is 0.237 e. The molecule has 2 saturated carbocycles. The number of hydrogen-bond donors (Lipinski definition) is 2. The lowest BCUT2D eigenvalue weighted by Gasteiger charge is -2.26. The van der Waals surface area contributed by atoms with Gasteiger partial charge in [0.05, 0.1) is 6.04 Å². The van der Waals surface area contributed by atoms with Gasteiger partial charge in [0.15, 0.2) is 0 Å². The molecule has 0 saturated heterocycles. The van der Waals surface area contributed by atoms with Gasteiger partial charge in [-0.3, -0.25) is 4.79 Å². The zero-order valence-electron chi connectivity index (χ0n) is 12.3. The van der Waals surface area contributed by atoms with Gasteiger partial charge >= 0.3 is 0 Å². The van der Waals surface area contributed by atoms with Gasteiger partial charge in [-0.05, 0) is 71.3 Å². The largest absolute Gasteiger partial charge is 0.350 e. The molecule has 2 N–H and O–H groups in total. The first-order valence-corrected chi connectivity index (χ1v) is 7.40. The van der Waals surface area contributed by atoms with Crippen molar-refractivity contribution in [3.05, 3.63) is 0 Å². The lowest BCUT2D eigenvalue weighted by Crippen LogP contribution is -2.50. The van der Waals surface area contributed by atoms with E-state index in [0.717, 1.165) is 24.3 Å². The summed E-state index contributed by atoms with van der Waals surface area (Å²) in [5.41, 5.74) is -0.139. The number of rotatable bonds is 4. The maximum Gasteiger partial charge on any atom is 0.237 e. The zero-order valence-corrected chi connectivity index (χ0v) is 12.3. The van der Waals surface area contributed by atoms with Gasteiger partial charge in [-0.1, -0.05) is 6.42 Å². The molecule has 2 rings (SSSR count). The first-order chi connectivity index (χ1) is 8.35. The number of amides is 1. The van der Waals surface area contributed by atoms with E-state index >= 15 is 0 Å². The van der Waals surface area contributed by atoms with Crippen molar-refractivity contribution in [1.82, 2.24) is 10.6 Å². The molecule has 2 bridgehead atoms. The van der Waals surface area contributed by atoms with Crippen LogP contribution < -0.4 is 10.6 Å². The molecule has 4 unspecified atom stereocenters. The predicted octanol–water partition coefficient (Wildman–Crippen LogP) is 2.32. The fraction of sp³-hybridized carbons (Fsp3) is 0.933. The van der Waals surface area contributed by atoms with Crippen LogP contribution in [0, 0.1) is 17.8 Å². The van der Waals surface area contributed by atoms with Crippen molar-refractivity contribution in [2.75, 3.05) is 6.54 Å². The van der Waals surface area contributed by atoms with E-state index in [9.17, 15) is 4.79 Å². The van der Waals surface area contributed by atoms with E-state index < -0.39 is 0 Å². The highest BCUT2D eigenvalue weighted by molar-refractivity contribution is 5.81. The highest BCUT2D eigenvalue weighted by atomic mass is 16.2. The van der Waals surface area contributed by atoms with Crippen molar-refractivity contribution >= 4 is 5.91 Å². The Balaban J connectivity index is 1.71. The molecule has 0 aliphatic heterocycles. The molecule has 0 aromatic rings. The Labute approximate surface area is 111 Å². The minimum absolute atomic E-state index is 0.0802. The van der Waals surface area contributed by atoms with Gasteiger partial charge in [-0.25, -0.2) is 0 Å². The van der Waals surface area contributed by atoms with Crippen LogP contribution in [0.4, 0.5) is 0 Å². The molecule has 0 spiro atoms. The van der Waals surface area contributed by atoms with Crippen LogP contribution in [-0.2, 0) is 4.79 Å². The summed E-state index contributed by atoms with van der Waals surface area (Å²) in [6, 6.07) is -0.0802. The molecular weight excluding hydrogens is 224 g/mol. The molecule has 2 aliphatic rings. The second-order valence-electron chi connectivity index (χ2n) is 7.30. The van der Waals surface area contributed by atoms with Gasteiger partial charge in [0.1, 0.15) is 0 Å². The fourth-order valence-corrected chi connectivity index (χ4v) is 3.53. The molecule has 0 aromatic heterocycles.